The van der Waals surface area contributed by atoms with Gasteiger partial charge in [-0.3, -0.25) is 4.79 Å². The maximum absolute atomic E-state index is 13.3. The van der Waals surface area contributed by atoms with E-state index >= 15 is 0 Å². The van der Waals surface area contributed by atoms with Crippen LogP contribution in [0.15, 0.2) is 65.1 Å². The molecule has 2 aliphatic heterocycles. The summed E-state index contributed by atoms with van der Waals surface area (Å²) in [5.41, 5.74) is 2.50. The highest BCUT2D eigenvalue weighted by molar-refractivity contribution is 7.89. The minimum atomic E-state index is -3.68. The molecular weight excluding hydrogens is 360 g/mol. The maximum atomic E-state index is 13.3. The topological polar surface area (TPSA) is 66.5 Å². The van der Waals surface area contributed by atoms with Gasteiger partial charge in [0.05, 0.1) is 16.5 Å². The number of nitrogens with one attached hydrogen (secondary N) is 1. The van der Waals surface area contributed by atoms with Gasteiger partial charge in [-0.05, 0) is 44.0 Å². The van der Waals surface area contributed by atoms with Gasteiger partial charge in [0, 0.05) is 12.1 Å². The number of aryl methyl sites for hydroxylation is 1. The SMILES string of the molecule is Cc1ccc(S(=O)(=O)N2CC3=C(c4ccccc4)C(=O)NC3C2(C)C)cc1. The normalized spacial score (nSPS) is 22.0. The first-order valence-corrected chi connectivity index (χ1v) is 10.4. The number of benzene rings is 2. The molecule has 1 N–H and O–H groups in total. The summed E-state index contributed by atoms with van der Waals surface area (Å²) in [7, 11) is -3.68. The van der Waals surface area contributed by atoms with Gasteiger partial charge < -0.3 is 5.32 Å². The van der Waals surface area contributed by atoms with E-state index in [0.29, 0.717) is 5.57 Å². The number of hydrogen-bond acceptors (Lipinski definition) is 3. The van der Waals surface area contributed by atoms with Crippen LogP contribution in [0, 0.1) is 6.92 Å². The van der Waals surface area contributed by atoms with E-state index < -0.39 is 15.6 Å². The summed E-state index contributed by atoms with van der Waals surface area (Å²) < 4.78 is 28.1. The van der Waals surface area contributed by atoms with Crippen LogP contribution in [0.5, 0.6) is 0 Å². The number of rotatable bonds is 3. The number of hydrogen-bond donors (Lipinski definition) is 1. The molecule has 4 rings (SSSR count). The Bertz CT molecular complexity index is 1040. The number of fused-ring (bicyclic) bond motifs is 1. The molecule has 5 nitrogen and oxygen atoms in total. The molecule has 1 fully saturated rings. The van der Waals surface area contributed by atoms with Crippen molar-refractivity contribution in [2.75, 3.05) is 6.54 Å². The summed E-state index contributed by atoms with van der Waals surface area (Å²) in [6, 6.07) is 16.0. The van der Waals surface area contributed by atoms with Crippen molar-refractivity contribution in [2.45, 2.75) is 37.2 Å². The Kier molecular flexibility index (Phi) is 4.01. The predicted octanol–water partition coefficient (Wildman–Crippen LogP) is 2.73. The van der Waals surface area contributed by atoms with E-state index in [4.69, 9.17) is 0 Å². The van der Waals surface area contributed by atoms with Gasteiger partial charge in [0.25, 0.3) is 5.91 Å². The molecule has 0 spiro atoms. The number of nitrogens with zero attached hydrogens (tertiary/aromatic N) is 1. The average Bonchev–Trinajstić information content (AvgIpc) is 3.09. The Morgan fingerprint density at radius 2 is 1.67 bits per heavy atom. The highest BCUT2D eigenvalue weighted by Gasteiger charge is 2.54. The molecule has 0 saturated carbocycles. The Labute approximate surface area is 159 Å². The number of carbonyl (C=O) groups excluding carboxylic acids is 1. The fourth-order valence-corrected chi connectivity index (χ4v) is 5.78. The second kappa shape index (κ2) is 6.04. The van der Waals surface area contributed by atoms with E-state index in [1.54, 1.807) is 24.3 Å². The largest absolute Gasteiger partial charge is 0.344 e. The fourth-order valence-electron chi connectivity index (χ4n) is 4.01. The van der Waals surface area contributed by atoms with Gasteiger partial charge in [0.15, 0.2) is 0 Å². The molecule has 2 aromatic carbocycles. The molecule has 6 heteroatoms. The Morgan fingerprint density at radius 1 is 1.04 bits per heavy atom. The molecule has 0 aliphatic carbocycles. The Balaban J connectivity index is 1.81. The minimum absolute atomic E-state index is 0.137. The Hall–Kier alpha value is -2.44. The highest BCUT2D eigenvalue weighted by Crippen LogP contribution is 2.43. The molecule has 0 aromatic heterocycles. The average molecular weight is 382 g/mol. The van der Waals surface area contributed by atoms with Crippen LogP contribution in [0.25, 0.3) is 5.57 Å². The minimum Gasteiger partial charge on any atom is -0.344 e. The lowest BCUT2D eigenvalue weighted by Gasteiger charge is -2.34. The first kappa shape index (κ1) is 17.9. The van der Waals surface area contributed by atoms with E-state index in [-0.39, 0.29) is 23.4 Å². The second-order valence-electron chi connectivity index (χ2n) is 7.65. The fraction of sp³-hybridized carbons (Fsp3) is 0.286. The summed E-state index contributed by atoms with van der Waals surface area (Å²) in [6.45, 7) is 5.86. The zero-order chi connectivity index (χ0) is 19.4. The standard InChI is InChI=1S/C21H22N2O3S/c1-14-9-11-16(12-10-14)27(25,26)23-13-17-18(15-7-5-4-6-8-15)20(24)22-19(17)21(23,2)3/h4-12,19H,13H2,1-3H3,(H,22,24). The van der Waals surface area contributed by atoms with Crippen LogP contribution in [0.1, 0.15) is 25.0 Å². The molecule has 2 heterocycles. The lowest BCUT2D eigenvalue weighted by molar-refractivity contribution is -0.115. The van der Waals surface area contributed by atoms with Gasteiger partial charge in [-0.1, -0.05) is 48.0 Å². The molecular formula is C21H22N2O3S. The van der Waals surface area contributed by atoms with Crippen LogP contribution in [0.2, 0.25) is 0 Å². The second-order valence-corrected chi connectivity index (χ2v) is 9.51. The third-order valence-corrected chi connectivity index (χ3v) is 7.55. The van der Waals surface area contributed by atoms with Crippen LogP contribution in [0.3, 0.4) is 0 Å². The van der Waals surface area contributed by atoms with Gasteiger partial charge in [-0.2, -0.15) is 4.31 Å². The van der Waals surface area contributed by atoms with E-state index in [1.165, 1.54) is 4.31 Å². The van der Waals surface area contributed by atoms with Crippen molar-refractivity contribution in [3.05, 3.63) is 71.3 Å². The van der Waals surface area contributed by atoms with Crippen LogP contribution in [-0.4, -0.2) is 36.8 Å². The van der Waals surface area contributed by atoms with Gasteiger partial charge in [0.1, 0.15) is 0 Å². The summed E-state index contributed by atoms with van der Waals surface area (Å²) in [4.78, 5) is 12.9. The van der Waals surface area contributed by atoms with E-state index in [9.17, 15) is 13.2 Å². The van der Waals surface area contributed by atoms with Gasteiger partial charge in [0.2, 0.25) is 10.0 Å². The van der Waals surface area contributed by atoms with Crippen molar-refractivity contribution >= 4 is 21.5 Å². The molecule has 2 aromatic rings. The third kappa shape index (κ3) is 2.71. The van der Waals surface area contributed by atoms with Gasteiger partial charge >= 0.3 is 0 Å². The summed E-state index contributed by atoms with van der Waals surface area (Å²) in [5, 5.41) is 3.00. The van der Waals surface area contributed by atoms with Crippen LogP contribution in [-0.2, 0) is 14.8 Å². The van der Waals surface area contributed by atoms with E-state index in [2.05, 4.69) is 5.32 Å². The molecule has 0 bridgehead atoms. The van der Waals surface area contributed by atoms with Crippen LogP contribution < -0.4 is 5.32 Å². The monoisotopic (exact) mass is 382 g/mol. The maximum Gasteiger partial charge on any atom is 0.252 e. The smallest absolute Gasteiger partial charge is 0.252 e. The van der Waals surface area contributed by atoms with Crippen molar-refractivity contribution in [3.8, 4) is 0 Å². The first-order chi connectivity index (χ1) is 12.7. The summed E-state index contributed by atoms with van der Waals surface area (Å²) in [6.07, 6.45) is 0. The van der Waals surface area contributed by atoms with Crippen molar-refractivity contribution in [3.63, 3.8) is 0 Å². The third-order valence-electron chi connectivity index (χ3n) is 5.51. The Morgan fingerprint density at radius 3 is 2.30 bits per heavy atom. The summed E-state index contributed by atoms with van der Waals surface area (Å²) >= 11 is 0. The van der Waals surface area contributed by atoms with Gasteiger partial charge in [-0.15, -0.1) is 0 Å². The summed E-state index contributed by atoms with van der Waals surface area (Å²) in [5.74, 6) is -0.137. The molecule has 2 aliphatic rings. The van der Waals surface area contributed by atoms with Crippen LogP contribution in [0.4, 0.5) is 0 Å². The lowest BCUT2D eigenvalue weighted by atomic mass is 9.93. The zero-order valence-electron chi connectivity index (χ0n) is 15.6. The molecule has 27 heavy (non-hydrogen) atoms. The quantitative estimate of drug-likeness (QED) is 0.888. The molecule has 1 atom stereocenters. The predicted molar refractivity (Wildman–Crippen MR) is 104 cm³/mol. The molecule has 1 unspecified atom stereocenters. The molecule has 0 radical (unpaired) electrons. The zero-order valence-corrected chi connectivity index (χ0v) is 16.4. The van der Waals surface area contributed by atoms with Gasteiger partial charge in [-0.25, -0.2) is 8.42 Å². The van der Waals surface area contributed by atoms with Crippen molar-refractivity contribution in [2.24, 2.45) is 0 Å². The first-order valence-electron chi connectivity index (χ1n) is 8.92. The highest BCUT2D eigenvalue weighted by atomic mass is 32.2. The van der Waals surface area contributed by atoms with Crippen molar-refractivity contribution < 1.29 is 13.2 Å². The number of sulfonamides is 1. The number of carbonyl (C=O) groups is 1. The number of amides is 1. The van der Waals surface area contributed by atoms with E-state index in [0.717, 1.165) is 16.7 Å². The van der Waals surface area contributed by atoms with Crippen molar-refractivity contribution in [1.82, 2.24) is 9.62 Å². The van der Waals surface area contributed by atoms with Crippen LogP contribution >= 0.6 is 0 Å². The van der Waals surface area contributed by atoms with E-state index in [1.807, 2.05) is 51.1 Å². The molecule has 1 amide bonds. The van der Waals surface area contributed by atoms with Crippen molar-refractivity contribution in [1.29, 1.82) is 0 Å². The molecule has 140 valence electrons. The molecule has 1 saturated heterocycles. The lowest BCUT2D eigenvalue weighted by Crippen LogP contribution is -2.52.